The molecule has 0 radical (unpaired) electrons. The lowest BCUT2D eigenvalue weighted by Crippen LogP contribution is -2.41. The fourth-order valence-corrected chi connectivity index (χ4v) is 3.43. The zero-order valence-corrected chi connectivity index (χ0v) is 17.2. The van der Waals surface area contributed by atoms with E-state index in [4.69, 9.17) is 9.47 Å². The number of amides is 2. The molecular weight excluding hydrogens is 417 g/mol. The molecule has 0 unspecified atom stereocenters. The van der Waals surface area contributed by atoms with Crippen LogP contribution in [0.15, 0.2) is 47.4 Å². The Bertz CT molecular complexity index is 974. The molecule has 0 heterocycles. The summed E-state index contributed by atoms with van der Waals surface area (Å²) in [5.74, 6) is -0.782. The summed E-state index contributed by atoms with van der Waals surface area (Å²) >= 11 is 0. The van der Waals surface area contributed by atoms with Crippen molar-refractivity contribution in [3.8, 4) is 11.5 Å². The van der Waals surface area contributed by atoms with E-state index in [9.17, 15) is 22.4 Å². The molecule has 30 heavy (non-hydrogen) atoms. The topological polar surface area (TPSA) is 123 Å². The van der Waals surface area contributed by atoms with Gasteiger partial charge in [-0.15, -0.1) is 0 Å². The van der Waals surface area contributed by atoms with Crippen LogP contribution in [0.1, 0.15) is 23.2 Å². The minimum Gasteiger partial charge on any atom is -0.497 e. The lowest BCUT2D eigenvalue weighted by Gasteiger charge is -2.10. The number of sulfonamides is 1. The second kappa shape index (κ2) is 10.6. The van der Waals surface area contributed by atoms with Crippen molar-refractivity contribution in [2.45, 2.75) is 17.7 Å². The molecule has 0 saturated heterocycles. The molecule has 0 spiro atoms. The van der Waals surface area contributed by atoms with Crippen molar-refractivity contribution in [1.29, 1.82) is 0 Å². The first-order chi connectivity index (χ1) is 14.2. The predicted molar refractivity (Wildman–Crippen MR) is 106 cm³/mol. The van der Waals surface area contributed by atoms with E-state index in [1.54, 1.807) is 6.07 Å². The lowest BCUT2D eigenvalue weighted by atomic mass is 10.2. The van der Waals surface area contributed by atoms with Gasteiger partial charge >= 0.3 is 0 Å². The molecule has 11 heteroatoms. The number of nitrogens with one attached hydrogen (secondary N) is 3. The van der Waals surface area contributed by atoms with Crippen molar-refractivity contribution in [2.75, 3.05) is 20.8 Å². The molecule has 2 aromatic rings. The average Bonchev–Trinajstić information content (AvgIpc) is 2.74. The van der Waals surface area contributed by atoms with Gasteiger partial charge in [0.25, 0.3) is 5.91 Å². The maximum absolute atomic E-state index is 12.9. The van der Waals surface area contributed by atoms with Gasteiger partial charge in [-0.25, -0.2) is 17.5 Å². The molecule has 2 rings (SSSR count). The summed E-state index contributed by atoms with van der Waals surface area (Å²) in [6.07, 6.45) is 0.156. The van der Waals surface area contributed by atoms with Crippen LogP contribution in [-0.2, 0) is 14.8 Å². The second-order valence-electron chi connectivity index (χ2n) is 6.06. The average molecular weight is 439 g/mol. The molecule has 9 nitrogen and oxygen atoms in total. The van der Waals surface area contributed by atoms with Crippen LogP contribution < -0.4 is 25.0 Å². The van der Waals surface area contributed by atoms with Crippen molar-refractivity contribution >= 4 is 21.8 Å². The summed E-state index contributed by atoms with van der Waals surface area (Å²) in [5, 5.41) is 0. The van der Waals surface area contributed by atoms with Gasteiger partial charge in [0.2, 0.25) is 15.9 Å². The van der Waals surface area contributed by atoms with Crippen molar-refractivity contribution < 1.29 is 31.9 Å². The highest BCUT2D eigenvalue weighted by Crippen LogP contribution is 2.22. The Kier molecular flexibility index (Phi) is 8.13. The Labute approximate surface area is 173 Å². The molecule has 0 bridgehead atoms. The van der Waals surface area contributed by atoms with Gasteiger partial charge in [-0.05, 0) is 42.8 Å². The van der Waals surface area contributed by atoms with Crippen LogP contribution in [0, 0.1) is 5.82 Å². The number of rotatable bonds is 9. The molecule has 0 aromatic heterocycles. The number of hydrogen-bond donors (Lipinski definition) is 3. The van der Waals surface area contributed by atoms with Crippen LogP contribution in [0.3, 0.4) is 0 Å². The van der Waals surface area contributed by atoms with Gasteiger partial charge in [0.05, 0.1) is 19.1 Å². The van der Waals surface area contributed by atoms with Crippen LogP contribution >= 0.6 is 0 Å². The number of hydrogen-bond acceptors (Lipinski definition) is 6. The monoisotopic (exact) mass is 439 g/mol. The van der Waals surface area contributed by atoms with E-state index < -0.39 is 27.7 Å². The van der Waals surface area contributed by atoms with Crippen LogP contribution in [0.25, 0.3) is 0 Å². The first-order valence-corrected chi connectivity index (χ1v) is 10.3. The fraction of sp³-hybridized carbons (Fsp3) is 0.263. The zero-order chi connectivity index (χ0) is 22.1. The van der Waals surface area contributed by atoms with Gasteiger partial charge in [0.1, 0.15) is 17.3 Å². The number of benzene rings is 2. The smallest absolute Gasteiger partial charge is 0.269 e. The van der Waals surface area contributed by atoms with E-state index in [1.807, 2.05) is 0 Å². The van der Waals surface area contributed by atoms with E-state index in [0.717, 1.165) is 24.3 Å². The summed E-state index contributed by atoms with van der Waals surface area (Å²) < 4.78 is 49.5. The maximum atomic E-state index is 12.9. The SMILES string of the molecule is COc1cc(OC)cc(C(=O)NNC(=O)CCCNS(=O)(=O)c2ccc(F)cc2)c1. The Hall–Kier alpha value is -3.18. The van der Waals surface area contributed by atoms with Crippen LogP contribution in [-0.4, -0.2) is 41.0 Å². The van der Waals surface area contributed by atoms with Crippen molar-refractivity contribution in [3.05, 3.63) is 53.8 Å². The van der Waals surface area contributed by atoms with E-state index in [2.05, 4.69) is 15.6 Å². The van der Waals surface area contributed by atoms with Gasteiger partial charge in [0, 0.05) is 24.6 Å². The normalized spacial score (nSPS) is 10.9. The van der Waals surface area contributed by atoms with E-state index >= 15 is 0 Å². The van der Waals surface area contributed by atoms with E-state index in [-0.39, 0.29) is 29.8 Å². The van der Waals surface area contributed by atoms with Crippen molar-refractivity contribution in [3.63, 3.8) is 0 Å². The fourth-order valence-electron chi connectivity index (χ4n) is 2.35. The Morgan fingerprint density at radius 2 is 1.57 bits per heavy atom. The Morgan fingerprint density at radius 3 is 2.13 bits per heavy atom. The molecule has 0 fully saturated rings. The summed E-state index contributed by atoms with van der Waals surface area (Å²) in [6, 6.07) is 8.94. The Balaban J connectivity index is 1.77. The predicted octanol–water partition coefficient (Wildman–Crippen LogP) is 1.36. The molecule has 0 aliphatic carbocycles. The molecule has 0 atom stereocenters. The van der Waals surface area contributed by atoms with E-state index in [0.29, 0.717) is 11.5 Å². The van der Waals surface area contributed by atoms with Gasteiger partial charge in [-0.1, -0.05) is 0 Å². The standard InChI is InChI=1S/C19H22FN3O6S/c1-28-15-10-13(11-16(12-15)29-2)19(25)23-22-18(24)4-3-9-21-30(26,27)17-7-5-14(20)6-8-17/h5-8,10-12,21H,3-4,9H2,1-2H3,(H,22,24)(H,23,25). The number of methoxy groups -OCH3 is 2. The van der Waals surface area contributed by atoms with Crippen LogP contribution in [0.5, 0.6) is 11.5 Å². The third-order valence-corrected chi connectivity index (χ3v) is 5.40. The molecule has 2 aromatic carbocycles. The third kappa shape index (κ3) is 6.71. The summed E-state index contributed by atoms with van der Waals surface area (Å²) in [6.45, 7) is -0.00579. The molecule has 0 aliphatic heterocycles. The minimum atomic E-state index is -3.79. The van der Waals surface area contributed by atoms with Crippen LogP contribution in [0.2, 0.25) is 0 Å². The minimum absolute atomic E-state index is 0.00579. The molecule has 2 amide bonds. The summed E-state index contributed by atoms with van der Waals surface area (Å²) in [7, 11) is -0.898. The van der Waals surface area contributed by atoms with Crippen molar-refractivity contribution in [1.82, 2.24) is 15.6 Å². The lowest BCUT2D eigenvalue weighted by molar-refractivity contribution is -0.121. The molecular formula is C19H22FN3O6S. The number of carbonyl (C=O) groups excluding carboxylic acids is 2. The van der Waals surface area contributed by atoms with Gasteiger partial charge in [-0.3, -0.25) is 20.4 Å². The van der Waals surface area contributed by atoms with Crippen LogP contribution in [0.4, 0.5) is 4.39 Å². The number of hydrazine groups is 1. The largest absolute Gasteiger partial charge is 0.497 e. The Morgan fingerprint density at radius 1 is 0.967 bits per heavy atom. The molecule has 162 valence electrons. The van der Waals surface area contributed by atoms with Crippen molar-refractivity contribution in [2.24, 2.45) is 0 Å². The maximum Gasteiger partial charge on any atom is 0.269 e. The van der Waals surface area contributed by atoms with E-state index in [1.165, 1.54) is 26.4 Å². The summed E-state index contributed by atoms with van der Waals surface area (Å²) in [4.78, 5) is 24.0. The number of halogens is 1. The quantitative estimate of drug-likeness (QED) is 0.401. The van der Waals surface area contributed by atoms with Gasteiger partial charge in [0.15, 0.2) is 0 Å². The highest BCUT2D eigenvalue weighted by atomic mass is 32.2. The highest BCUT2D eigenvalue weighted by molar-refractivity contribution is 7.89. The molecule has 0 saturated carbocycles. The second-order valence-corrected chi connectivity index (χ2v) is 7.83. The molecule has 0 aliphatic rings. The summed E-state index contributed by atoms with van der Waals surface area (Å²) in [5.41, 5.74) is 4.74. The highest BCUT2D eigenvalue weighted by Gasteiger charge is 2.14. The van der Waals surface area contributed by atoms with Gasteiger partial charge < -0.3 is 9.47 Å². The number of carbonyl (C=O) groups is 2. The first-order valence-electron chi connectivity index (χ1n) is 8.82. The first kappa shape index (κ1) is 23.1. The van der Waals surface area contributed by atoms with Gasteiger partial charge in [-0.2, -0.15) is 0 Å². The molecule has 3 N–H and O–H groups in total. The third-order valence-electron chi connectivity index (χ3n) is 3.93. The number of ether oxygens (including phenoxy) is 2. The zero-order valence-electron chi connectivity index (χ0n) is 16.4.